The van der Waals surface area contributed by atoms with Gasteiger partial charge in [0.2, 0.25) is 0 Å². The van der Waals surface area contributed by atoms with Gasteiger partial charge in [0.05, 0.1) is 24.2 Å². The number of benzene rings is 1. The lowest BCUT2D eigenvalue weighted by Crippen LogP contribution is -2.56. The lowest BCUT2D eigenvalue weighted by atomic mass is 9.71. The number of aliphatic imine (C=N–C) groups is 1. The van der Waals surface area contributed by atoms with Crippen LogP contribution in [0.4, 0.5) is 0 Å². The molecule has 0 aliphatic carbocycles. The van der Waals surface area contributed by atoms with E-state index >= 15 is 0 Å². The Morgan fingerprint density at radius 3 is 2.89 bits per heavy atom. The fraction of sp³-hybridized carbons (Fsp3) is 0.350. The topological polar surface area (TPSA) is 90.0 Å². The van der Waals surface area contributed by atoms with Gasteiger partial charge in [0.1, 0.15) is 11.9 Å². The Morgan fingerprint density at radius 1 is 1.29 bits per heavy atom. The van der Waals surface area contributed by atoms with Crippen molar-refractivity contribution in [1.29, 1.82) is 0 Å². The number of likely N-dealkylation sites (N-methyl/N-ethyl adjacent to an activating group) is 1. The fourth-order valence-corrected chi connectivity index (χ4v) is 4.55. The second kappa shape index (κ2) is 6.18. The Labute approximate surface area is 167 Å². The van der Waals surface area contributed by atoms with Crippen molar-refractivity contribution in [2.45, 2.75) is 18.1 Å². The van der Waals surface area contributed by atoms with E-state index in [-0.39, 0.29) is 23.9 Å². The quantitative estimate of drug-likeness (QED) is 0.795. The standard InChI is InChI=1S/C20H19ClN4O3/c1-25-18(26)20(24-19(25)22)14-7-11(12-6-13(21)9-23-8-12)2-3-16(14)28-17-4-5-27-10-15(17)20/h2-3,6-9,15,17H,4-5,10H2,1H3,(H2,22,24)/t15-,17?,20+/m1/s1. The summed E-state index contributed by atoms with van der Waals surface area (Å²) in [7, 11) is 1.65. The van der Waals surface area contributed by atoms with E-state index in [0.717, 1.165) is 11.1 Å². The molecule has 7 nitrogen and oxygen atoms in total. The normalized spacial score (nSPS) is 28.6. The first-order valence-corrected chi connectivity index (χ1v) is 9.52. The van der Waals surface area contributed by atoms with Crippen molar-refractivity contribution in [3.8, 4) is 16.9 Å². The highest BCUT2D eigenvalue weighted by Gasteiger charge is 2.60. The van der Waals surface area contributed by atoms with Crippen LogP contribution >= 0.6 is 11.6 Å². The predicted octanol–water partition coefficient (Wildman–Crippen LogP) is 2.18. The molecule has 5 rings (SSSR count). The van der Waals surface area contributed by atoms with E-state index in [1.54, 1.807) is 19.4 Å². The third-order valence-electron chi connectivity index (χ3n) is 5.80. The number of nitrogens with zero attached hydrogens (tertiary/aromatic N) is 3. The largest absolute Gasteiger partial charge is 0.489 e. The number of rotatable bonds is 1. The molecule has 8 heteroatoms. The van der Waals surface area contributed by atoms with Gasteiger partial charge >= 0.3 is 0 Å². The molecule has 3 aliphatic rings. The smallest absolute Gasteiger partial charge is 0.262 e. The van der Waals surface area contributed by atoms with Gasteiger partial charge in [-0.15, -0.1) is 0 Å². The average Bonchev–Trinajstić information content (AvgIpc) is 2.93. The Hall–Kier alpha value is -2.64. The highest BCUT2D eigenvalue weighted by Crippen LogP contribution is 2.51. The van der Waals surface area contributed by atoms with E-state index in [4.69, 9.17) is 26.8 Å². The van der Waals surface area contributed by atoms with Crippen LogP contribution < -0.4 is 10.5 Å². The molecule has 1 aromatic heterocycles. The van der Waals surface area contributed by atoms with E-state index in [0.29, 0.717) is 36.0 Å². The van der Waals surface area contributed by atoms with E-state index in [9.17, 15) is 4.79 Å². The minimum Gasteiger partial charge on any atom is -0.489 e. The molecular formula is C20H19ClN4O3. The monoisotopic (exact) mass is 398 g/mol. The average molecular weight is 399 g/mol. The third kappa shape index (κ3) is 2.36. The number of hydrogen-bond acceptors (Lipinski definition) is 6. The summed E-state index contributed by atoms with van der Waals surface area (Å²) in [4.78, 5) is 23.7. The molecule has 1 spiro atoms. The maximum absolute atomic E-state index is 13.4. The number of guanidine groups is 1. The van der Waals surface area contributed by atoms with Gasteiger partial charge in [-0.3, -0.25) is 14.7 Å². The number of hydrogen-bond donors (Lipinski definition) is 1. The van der Waals surface area contributed by atoms with Crippen LogP contribution in [0.5, 0.6) is 5.75 Å². The van der Waals surface area contributed by atoms with Crippen molar-refractivity contribution in [3.63, 3.8) is 0 Å². The minimum atomic E-state index is -1.14. The molecule has 1 aromatic carbocycles. The SMILES string of the molecule is CN1C(=O)[C@]2(N=C1N)c1cc(-c3cncc(Cl)c3)ccc1OC1CCOC[C@H]12. The Balaban J connectivity index is 1.73. The summed E-state index contributed by atoms with van der Waals surface area (Å²) in [5, 5.41) is 0.542. The second-order valence-corrected chi connectivity index (χ2v) is 7.77. The number of aromatic nitrogens is 1. The van der Waals surface area contributed by atoms with Gasteiger partial charge in [-0.1, -0.05) is 17.7 Å². The summed E-state index contributed by atoms with van der Waals surface area (Å²) in [6.07, 6.45) is 3.87. The second-order valence-electron chi connectivity index (χ2n) is 7.33. The number of amides is 1. The molecule has 0 radical (unpaired) electrons. The van der Waals surface area contributed by atoms with Crippen molar-refractivity contribution < 1.29 is 14.3 Å². The number of ether oxygens (including phenoxy) is 2. The molecule has 2 aromatic rings. The molecule has 1 unspecified atom stereocenters. The molecule has 0 saturated carbocycles. The van der Waals surface area contributed by atoms with Gasteiger partial charge in [-0.05, 0) is 23.8 Å². The summed E-state index contributed by atoms with van der Waals surface area (Å²) < 4.78 is 12.0. The molecule has 3 aliphatic heterocycles. The van der Waals surface area contributed by atoms with Crippen LogP contribution in [0.2, 0.25) is 5.02 Å². The molecule has 1 saturated heterocycles. The summed E-state index contributed by atoms with van der Waals surface area (Å²) in [6, 6.07) is 7.59. The van der Waals surface area contributed by atoms with E-state index < -0.39 is 5.54 Å². The third-order valence-corrected chi connectivity index (χ3v) is 6.01. The van der Waals surface area contributed by atoms with Crippen molar-refractivity contribution in [1.82, 2.24) is 9.88 Å². The zero-order chi connectivity index (χ0) is 19.5. The van der Waals surface area contributed by atoms with Crippen molar-refractivity contribution >= 4 is 23.5 Å². The first-order valence-electron chi connectivity index (χ1n) is 9.14. The van der Waals surface area contributed by atoms with Gasteiger partial charge in [-0.2, -0.15) is 0 Å². The molecule has 3 atom stereocenters. The summed E-state index contributed by atoms with van der Waals surface area (Å²) in [5.41, 5.74) is 7.36. The van der Waals surface area contributed by atoms with Crippen LogP contribution in [-0.2, 0) is 15.1 Å². The van der Waals surface area contributed by atoms with E-state index in [1.165, 1.54) is 4.90 Å². The van der Waals surface area contributed by atoms with Crippen LogP contribution in [0.1, 0.15) is 12.0 Å². The van der Waals surface area contributed by atoms with Gasteiger partial charge < -0.3 is 15.2 Å². The summed E-state index contributed by atoms with van der Waals surface area (Å²) >= 11 is 6.11. The molecule has 1 amide bonds. The number of fused-ring (bicyclic) bond motifs is 4. The number of halogens is 1. The highest BCUT2D eigenvalue weighted by atomic mass is 35.5. The van der Waals surface area contributed by atoms with E-state index in [2.05, 4.69) is 9.98 Å². The number of nitrogens with two attached hydrogens (primary N) is 1. The van der Waals surface area contributed by atoms with Crippen LogP contribution in [0.15, 0.2) is 41.7 Å². The first-order chi connectivity index (χ1) is 13.5. The zero-order valence-electron chi connectivity index (χ0n) is 15.3. The van der Waals surface area contributed by atoms with Crippen molar-refractivity contribution in [3.05, 3.63) is 47.2 Å². The minimum absolute atomic E-state index is 0.146. The lowest BCUT2D eigenvalue weighted by molar-refractivity contribution is -0.141. The summed E-state index contributed by atoms with van der Waals surface area (Å²) in [6.45, 7) is 0.992. The molecule has 1 fully saturated rings. The number of pyridine rings is 1. The van der Waals surface area contributed by atoms with Crippen LogP contribution in [0, 0.1) is 5.92 Å². The molecule has 144 valence electrons. The molecule has 28 heavy (non-hydrogen) atoms. The molecule has 2 N–H and O–H groups in total. The highest BCUT2D eigenvalue weighted by molar-refractivity contribution is 6.30. The van der Waals surface area contributed by atoms with Crippen LogP contribution in [0.25, 0.3) is 11.1 Å². The van der Waals surface area contributed by atoms with E-state index in [1.807, 2.05) is 24.3 Å². The Morgan fingerprint density at radius 2 is 2.14 bits per heavy atom. The molecular weight excluding hydrogens is 380 g/mol. The zero-order valence-corrected chi connectivity index (χ0v) is 16.0. The van der Waals surface area contributed by atoms with Gasteiger partial charge in [0.15, 0.2) is 11.5 Å². The van der Waals surface area contributed by atoms with Crippen molar-refractivity contribution in [2.75, 3.05) is 20.3 Å². The Bertz CT molecular complexity index is 1010. The first kappa shape index (κ1) is 17.5. The number of carbonyl (C=O) groups is 1. The van der Waals surface area contributed by atoms with Gasteiger partial charge in [-0.25, -0.2) is 4.99 Å². The van der Waals surface area contributed by atoms with Gasteiger partial charge in [0, 0.05) is 37.0 Å². The lowest BCUT2D eigenvalue weighted by Gasteiger charge is -2.45. The van der Waals surface area contributed by atoms with Crippen LogP contribution in [0.3, 0.4) is 0 Å². The predicted molar refractivity (Wildman–Crippen MR) is 104 cm³/mol. The molecule has 4 heterocycles. The number of carbonyl (C=O) groups excluding carboxylic acids is 1. The maximum atomic E-state index is 13.4. The van der Waals surface area contributed by atoms with Gasteiger partial charge in [0.25, 0.3) is 5.91 Å². The fourth-order valence-electron chi connectivity index (χ4n) is 4.37. The Kier molecular flexibility index (Phi) is 3.86. The van der Waals surface area contributed by atoms with Crippen LogP contribution in [-0.4, -0.2) is 48.1 Å². The maximum Gasteiger partial charge on any atom is 0.262 e. The van der Waals surface area contributed by atoms with Crippen molar-refractivity contribution in [2.24, 2.45) is 16.6 Å². The summed E-state index contributed by atoms with van der Waals surface area (Å²) in [5.74, 6) is 0.466. The molecule has 0 bridgehead atoms.